The Bertz CT molecular complexity index is 638. The molecule has 0 radical (unpaired) electrons. The van der Waals surface area contributed by atoms with Crippen molar-refractivity contribution in [1.82, 2.24) is 0 Å². The van der Waals surface area contributed by atoms with Crippen LogP contribution in [0.1, 0.15) is 18.1 Å². The summed E-state index contributed by atoms with van der Waals surface area (Å²) in [5.74, 6) is 0.450. The maximum absolute atomic E-state index is 13.5. The first kappa shape index (κ1) is 14.8. The Kier molecular flexibility index (Phi) is 4.77. The second-order valence-corrected chi connectivity index (χ2v) is 4.47. The topological polar surface area (TPSA) is 51.0 Å². The van der Waals surface area contributed by atoms with Crippen molar-refractivity contribution in [1.29, 1.82) is 0 Å². The Hall–Kier alpha value is -2.56. The molecule has 0 bridgehead atoms. The quantitative estimate of drug-likeness (QED) is 0.519. The summed E-state index contributed by atoms with van der Waals surface area (Å²) < 4.78 is 24.0. The lowest BCUT2D eigenvalue weighted by atomic mass is 10.1. The maximum atomic E-state index is 13.5. The highest BCUT2D eigenvalue weighted by molar-refractivity contribution is 5.98. The van der Waals surface area contributed by atoms with Gasteiger partial charge in [-0.25, -0.2) is 4.39 Å². The molecule has 0 spiro atoms. The smallest absolute Gasteiger partial charge is 0.165 e. The summed E-state index contributed by atoms with van der Waals surface area (Å²) in [5.41, 5.74) is 2.05. The Morgan fingerprint density at radius 3 is 2.48 bits per heavy atom. The minimum atomic E-state index is -0.413. The van der Waals surface area contributed by atoms with E-state index in [1.807, 2.05) is 0 Å². The molecule has 0 unspecified atom stereocenters. The van der Waals surface area contributed by atoms with Gasteiger partial charge < -0.3 is 14.7 Å². The van der Waals surface area contributed by atoms with Gasteiger partial charge in [0.1, 0.15) is 12.4 Å². The third-order valence-electron chi connectivity index (χ3n) is 3.04. The summed E-state index contributed by atoms with van der Waals surface area (Å²) in [6.45, 7) is 1.96. The number of oxime groups is 1. The second kappa shape index (κ2) is 6.74. The molecule has 2 aromatic rings. The van der Waals surface area contributed by atoms with E-state index in [1.165, 1.54) is 13.2 Å². The highest BCUT2D eigenvalue weighted by Gasteiger charge is 2.04. The SMILES string of the molecule is COc1ccc(COc2ccc(/C(C)=N/O)cc2)cc1F. The van der Waals surface area contributed by atoms with Gasteiger partial charge in [-0.15, -0.1) is 0 Å². The van der Waals surface area contributed by atoms with Crippen LogP contribution < -0.4 is 9.47 Å². The number of hydrogen-bond acceptors (Lipinski definition) is 4. The predicted octanol–water partition coefficient (Wildman–Crippen LogP) is 3.61. The van der Waals surface area contributed by atoms with Crippen molar-refractivity contribution in [3.63, 3.8) is 0 Å². The summed E-state index contributed by atoms with van der Waals surface area (Å²) in [7, 11) is 1.42. The van der Waals surface area contributed by atoms with Gasteiger partial charge in [-0.3, -0.25) is 0 Å². The molecule has 0 fully saturated rings. The van der Waals surface area contributed by atoms with Gasteiger partial charge >= 0.3 is 0 Å². The molecule has 1 N–H and O–H groups in total. The van der Waals surface area contributed by atoms with E-state index < -0.39 is 5.82 Å². The van der Waals surface area contributed by atoms with Gasteiger partial charge in [0.25, 0.3) is 0 Å². The molecule has 21 heavy (non-hydrogen) atoms. The summed E-state index contributed by atoms with van der Waals surface area (Å²) in [4.78, 5) is 0. The highest BCUT2D eigenvalue weighted by atomic mass is 19.1. The molecule has 4 nitrogen and oxygen atoms in total. The van der Waals surface area contributed by atoms with Crippen LogP contribution in [0, 0.1) is 5.82 Å². The van der Waals surface area contributed by atoms with Gasteiger partial charge in [0.05, 0.1) is 12.8 Å². The van der Waals surface area contributed by atoms with Crippen LogP contribution in [0.25, 0.3) is 0 Å². The molecule has 2 rings (SSSR count). The monoisotopic (exact) mass is 289 g/mol. The first-order valence-electron chi connectivity index (χ1n) is 6.38. The molecule has 5 heteroatoms. The Labute approximate surface area is 122 Å². The largest absolute Gasteiger partial charge is 0.494 e. The molecule has 0 aliphatic carbocycles. The van der Waals surface area contributed by atoms with Crippen LogP contribution >= 0.6 is 0 Å². The molecule has 0 saturated carbocycles. The number of hydrogen-bond donors (Lipinski definition) is 1. The minimum absolute atomic E-state index is 0.210. The number of nitrogens with zero attached hydrogens (tertiary/aromatic N) is 1. The average Bonchev–Trinajstić information content (AvgIpc) is 2.52. The zero-order valence-electron chi connectivity index (χ0n) is 11.8. The molecule has 0 saturated heterocycles. The Balaban J connectivity index is 2.01. The fourth-order valence-corrected chi connectivity index (χ4v) is 1.82. The fourth-order valence-electron chi connectivity index (χ4n) is 1.82. The first-order chi connectivity index (χ1) is 10.1. The van der Waals surface area contributed by atoms with Crippen LogP contribution in [0.5, 0.6) is 11.5 Å². The Morgan fingerprint density at radius 2 is 1.90 bits per heavy atom. The number of methoxy groups -OCH3 is 1. The van der Waals surface area contributed by atoms with E-state index in [9.17, 15) is 4.39 Å². The first-order valence-corrected chi connectivity index (χ1v) is 6.38. The van der Waals surface area contributed by atoms with Gasteiger partial charge in [0.15, 0.2) is 11.6 Å². The molecule has 110 valence electrons. The van der Waals surface area contributed by atoms with Crippen LogP contribution in [-0.4, -0.2) is 18.0 Å². The second-order valence-electron chi connectivity index (χ2n) is 4.47. The molecule has 0 aromatic heterocycles. The van der Waals surface area contributed by atoms with Crippen molar-refractivity contribution in [2.75, 3.05) is 7.11 Å². The van der Waals surface area contributed by atoms with Crippen LogP contribution in [0.3, 0.4) is 0 Å². The van der Waals surface area contributed by atoms with Crippen LogP contribution in [-0.2, 0) is 6.61 Å². The van der Waals surface area contributed by atoms with Crippen molar-refractivity contribution in [3.05, 3.63) is 59.4 Å². The summed E-state index contributed by atoms with van der Waals surface area (Å²) in [6.07, 6.45) is 0. The molecule has 0 aliphatic heterocycles. The normalized spacial score (nSPS) is 11.3. The number of rotatable bonds is 5. The summed E-state index contributed by atoms with van der Waals surface area (Å²) in [5, 5.41) is 11.8. The lowest BCUT2D eigenvalue weighted by Crippen LogP contribution is -1.98. The lowest BCUT2D eigenvalue weighted by Gasteiger charge is -2.08. The minimum Gasteiger partial charge on any atom is -0.494 e. The molecule has 0 amide bonds. The van der Waals surface area contributed by atoms with Crippen molar-refractivity contribution in [2.45, 2.75) is 13.5 Å². The molecular weight excluding hydrogens is 273 g/mol. The van der Waals surface area contributed by atoms with Crippen molar-refractivity contribution in [3.8, 4) is 11.5 Å². The van der Waals surface area contributed by atoms with E-state index in [4.69, 9.17) is 14.7 Å². The highest BCUT2D eigenvalue weighted by Crippen LogP contribution is 2.19. The van der Waals surface area contributed by atoms with Crippen LogP contribution in [0.2, 0.25) is 0 Å². The van der Waals surface area contributed by atoms with E-state index in [0.717, 1.165) is 5.56 Å². The van der Waals surface area contributed by atoms with E-state index in [0.29, 0.717) is 17.0 Å². The number of ether oxygens (including phenoxy) is 2. The molecule has 2 aromatic carbocycles. The lowest BCUT2D eigenvalue weighted by molar-refractivity contribution is 0.304. The zero-order chi connectivity index (χ0) is 15.2. The molecule has 0 atom stereocenters. The number of benzene rings is 2. The van der Waals surface area contributed by atoms with E-state index in [2.05, 4.69) is 5.16 Å². The third-order valence-corrected chi connectivity index (χ3v) is 3.04. The van der Waals surface area contributed by atoms with E-state index in [-0.39, 0.29) is 12.4 Å². The van der Waals surface area contributed by atoms with Crippen molar-refractivity contribution in [2.24, 2.45) is 5.16 Å². The van der Waals surface area contributed by atoms with Crippen LogP contribution in [0.4, 0.5) is 4.39 Å². The summed E-state index contributed by atoms with van der Waals surface area (Å²) in [6, 6.07) is 11.8. The maximum Gasteiger partial charge on any atom is 0.165 e. The van der Waals surface area contributed by atoms with Crippen LogP contribution in [0.15, 0.2) is 47.6 Å². The van der Waals surface area contributed by atoms with Gasteiger partial charge in [0.2, 0.25) is 0 Å². The average molecular weight is 289 g/mol. The fraction of sp³-hybridized carbons (Fsp3) is 0.188. The van der Waals surface area contributed by atoms with E-state index >= 15 is 0 Å². The molecular formula is C16H16FNO3. The zero-order valence-corrected chi connectivity index (χ0v) is 11.8. The third kappa shape index (κ3) is 3.72. The predicted molar refractivity (Wildman–Crippen MR) is 77.7 cm³/mol. The Morgan fingerprint density at radius 1 is 1.19 bits per heavy atom. The van der Waals surface area contributed by atoms with Gasteiger partial charge in [-0.1, -0.05) is 11.2 Å². The van der Waals surface area contributed by atoms with Gasteiger partial charge in [0, 0.05) is 0 Å². The summed E-state index contributed by atoms with van der Waals surface area (Å²) >= 11 is 0. The molecule has 0 heterocycles. The van der Waals surface area contributed by atoms with Crippen molar-refractivity contribution >= 4 is 5.71 Å². The van der Waals surface area contributed by atoms with Gasteiger partial charge in [-0.2, -0.15) is 0 Å². The van der Waals surface area contributed by atoms with E-state index in [1.54, 1.807) is 43.3 Å². The van der Waals surface area contributed by atoms with Crippen molar-refractivity contribution < 1.29 is 19.1 Å². The standard InChI is InChI=1S/C16H16FNO3/c1-11(18-19)13-4-6-14(7-5-13)21-10-12-3-8-16(20-2)15(17)9-12/h3-9,19H,10H2,1-2H3/b18-11+. The number of halogens is 1. The molecule has 0 aliphatic rings. The van der Waals surface area contributed by atoms with Gasteiger partial charge in [-0.05, 0) is 54.4 Å².